The van der Waals surface area contributed by atoms with E-state index in [0.717, 1.165) is 27.9 Å². The molecule has 0 bridgehead atoms. The van der Waals surface area contributed by atoms with Gasteiger partial charge in [-0.2, -0.15) is 0 Å². The van der Waals surface area contributed by atoms with Gasteiger partial charge in [-0.05, 0) is 67.3 Å². The van der Waals surface area contributed by atoms with E-state index in [1.807, 2.05) is 55.1 Å². The monoisotopic (exact) mass is 415 g/mol. The first-order valence-corrected chi connectivity index (χ1v) is 10.3. The first-order valence-electron chi connectivity index (χ1n) is 10.3. The van der Waals surface area contributed by atoms with Gasteiger partial charge in [0.25, 0.3) is 11.8 Å². The lowest BCUT2D eigenvalue weighted by atomic mass is 9.97. The molecule has 0 fully saturated rings. The second kappa shape index (κ2) is 9.00. The van der Waals surface area contributed by atoms with Gasteiger partial charge in [0, 0.05) is 42.3 Å². The van der Waals surface area contributed by atoms with Crippen LogP contribution in [0.25, 0.3) is 0 Å². The van der Waals surface area contributed by atoms with E-state index >= 15 is 0 Å². The molecule has 4 rings (SSSR count). The molecule has 1 N–H and O–H groups in total. The Hall–Kier alpha value is -3.67. The van der Waals surface area contributed by atoms with E-state index in [4.69, 9.17) is 4.74 Å². The minimum Gasteiger partial charge on any atom is -0.483 e. The van der Waals surface area contributed by atoms with Crippen LogP contribution in [-0.4, -0.2) is 34.8 Å². The van der Waals surface area contributed by atoms with Crippen molar-refractivity contribution in [3.63, 3.8) is 0 Å². The number of ether oxygens (including phenoxy) is 1. The number of carbonyl (C=O) groups is 2. The van der Waals surface area contributed by atoms with E-state index in [1.54, 1.807) is 18.5 Å². The summed E-state index contributed by atoms with van der Waals surface area (Å²) in [5, 5.41) is 2.87. The van der Waals surface area contributed by atoms with Crippen molar-refractivity contribution in [3.05, 3.63) is 88.7 Å². The summed E-state index contributed by atoms with van der Waals surface area (Å²) >= 11 is 0. The van der Waals surface area contributed by atoms with Gasteiger partial charge in [-0.3, -0.25) is 14.6 Å². The average molecular weight is 415 g/mol. The summed E-state index contributed by atoms with van der Waals surface area (Å²) in [6.45, 7) is 4.98. The number of amides is 2. The van der Waals surface area contributed by atoms with E-state index in [1.165, 1.54) is 0 Å². The maximum absolute atomic E-state index is 13.0. The molecular weight excluding hydrogens is 390 g/mol. The summed E-state index contributed by atoms with van der Waals surface area (Å²) in [6.07, 6.45) is 4.17. The van der Waals surface area contributed by atoms with Crippen LogP contribution < -0.4 is 10.1 Å². The van der Waals surface area contributed by atoms with Crippen molar-refractivity contribution >= 4 is 17.5 Å². The number of aromatic nitrogens is 1. The van der Waals surface area contributed by atoms with Gasteiger partial charge in [-0.25, -0.2) is 0 Å². The van der Waals surface area contributed by atoms with Crippen LogP contribution >= 0.6 is 0 Å². The molecule has 0 saturated heterocycles. The number of benzene rings is 2. The summed E-state index contributed by atoms with van der Waals surface area (Å²) in [5.41, 5.74) is 5.40. The number of fused-ring (bicyclic) bond motifs is 1. The largest absolute Gasteiger partial charge is 0.483 e. The molecule has 6 heteroatoms. The number of anilines is 1. The zero-order valence-corrected chi connectivity index (χ0v) is 17.7. The standard InChI is InChI=1S/C25H25N3O3/c1-17-11-18(2)13-20(12-17)27-24(29)16-31-23-7-3-6-22-21(23)8-10-28(25(22)30)15-19-5-4-9-26-14-19/h3-7,9,11-14H,8,10,15-16H2,1-2H3,(H,27,29). The van der Waals surface area contributed by atoms with Crippen LogP contribution in [0.4, 0.5) is 5.69 Å². The maximum Gasteiger partial charge on any atom is 0.262 e. The highest BCUT2D eigenvalue weighted by molar-refractivity contribution is 5.97. The van der Waals surface area contributed by atoms with Gasteiger partial charge in [0.05, 0.1) is 0 Å². The molecule has 0 aliphatic carbocycles. The third-order valence-electron chi connectivity index (χ3n) is 5.24. The highest BCUT2D eigenvalue weighted by atomic mass is 16.5. The molecule has 0 atom stereocenters. The second-order valence-electron chi connectivity index (χ2n) is 7.83. The van der Waals surface area contributed by atoms with Crippen molar-refractivity contribution in [1.29, 1.82) is 0 Å². The molecule has 0 spiro atoms. The van der Waals surface area contributed by atoms with Crippen LogP contribution in [0.1, 0.15) is 32.6 Å². The first-order chi connectivity index (χ1) is 15.0. The van der Waals surface area contributed by atoms with Crippen molar-refractivity contribution in [3.8, 4) is 5.75 Å². The minimum absolute atomic E-state index is 0.0322. The van der Waals surface area contributed by atoms with Crippen LogP contribution in [0.2, 0.25) is 0 Å². The lowest BCUT2D eigenvalue weighted by Gasteiger charge is -2.29. The zero-order chi connectivity index (χ0) is 21.8. The summed E-state index contributed by atoms with van der Waals surface area (Å²) in [5.74, 6) is 0.320. The Morgan fingerprint density at radius 3 is 2.68 bits per heavy atom. The van der Waals surface area contributed by atoms with Crippen LogP contribution in [0.5, 0.6) is 5.75 Å². The quantitative estimate of drug-likeness (QED) is 0.663. The minimum atomic E-state index is -0.233. The van der Waals surface area contributed by atoms with Gasteiger partial charge < -0.3 is 15.0 Å². The predicted octanol–water partition coefficient (Wildman–Crippen LogP) is 3.91. The number of aryl methyl sites for hydroxylation is 2. The van der Waals surface area contributed by atoms with E-state index in [-0.39, 0.29) is 18.4 Å². The van der Waals surface area contributed by atoms with Crippen LogP contribution in [0, 0.1) is 13.8 Å². The van der Waals surface area contributed by atoms with Crippen molar-refractivity contribution in [2.24, 2.45) is 0 Å². The molecule has 1 aliphatic heterocycles. The Labute approximate surface area is 181 Å². The molecule has 0 radical (unpaired) electrons. The Balaban J connectivity index is 1.42. The second-order valence-corrected chi connectivity index (χ2v) is 7.83. The SMILES string of the molecule is Cc1cc(C)cc(NC(=O)COc2cccc3c2CCN(Cc2cccnc2)C3=O)c1. The molecule has 31 heavy (non-hydrogen) atoms. The van der Waals surface area contributed by atoms with Crippen LogP contribution in [0.3, 0.4) is 0 Å². The Morgan fingerprint density at radius 2 is 1.94 bits per heavy atom. The molecule has 2 amide bonds. The maximum atomic E-state index is 13.0. The van der Waals surface area contributed by atoms with E-state index < -0.39 is 0 Å². The van der Waals surface area contributed by atoms with Crippen molar-refractivity contribution in [2.75, 3.05) is 18.5 Å². The van der Waals surface area contributed by atoms with E-state index in [9.17, 15) is 9.59 Å². The summed E-state index contributed by atoms with van der Waals surface area (Å²) in [7, 11) is 0. The van der Waals surface area contributed by atoms with Gasteiger partial charge >= 0.3 is 0 Å². The first kappa shape index (κ1) is 20.6. The van der Waals surface area contributed by atoms with Gasteiger partial charge in [0.1, 0.15) is 5.75 Å². The predicted molar refractivity (Wildman–Crippen MR) is 119 cm³/mol. The van der Waals surface area contributed by atoms with Crippen molar-refractivity contribution in [1.82, 2.24) is 9.88 Å². The fraction of sp³-hybridized carbons (Fsp3) is 0.240. The smallest absolute Gasteiger partial charge is 0.262 e. The van der Waals surface area contributed by atoms with Gasteiger partial charge in [-0.1, -0.05) is 18.2 Å². The molecule has 0 saturated carbocycles. The fourth-order valence-electron chi connectivity index (χ4n) is 3.93. The third kappa shape index (κ3) is 4.91. The summed E-state index contributed by atoms with van der Waals surface area (Å²) in [6, 6.07) is 15.1. The average Bonchev–Trinajstić information content (AvgIpc) is 2.74. The van der Waals surface area contributed by atoms with Gasteiger partial charge in [0.2, 0.25) is 0 Å². The Bertz CT molecular complexity index is 1090. The molecule has 2 aromatic carbocycles. The fourth-order valence-corrected chi connectivity index (χ4v) is 3.93. The highest BCUT2D eigenvalue weighted by Gasteiger charge is 2.26. The lowest BCUT2D eigenvalue weighted by Crippen LogP contribution is -2.37. The normalized spacial score (nSPS) is 13.0. The van der Waals surface area contributed by atoms with Crippen LogP contribution in [-0.2, 0) is 17.8 Å². The molecule has 6 nitrogen and oxygen atoms in total. The van der Waals surface area contributed by atoms with Gasteiger partial charge in [-0.15, -0.1) is 0 Å². The molecule has 1 aromatic heterocycles. The number of nitrogens with one attached hydrogen (secondary N) is 1. The lowest BCUT2D eigenvalue weighted by molar-refractivity contribution is -0.118. The highest BCUT2D eigenvalue weighted by Crippen LogP contribution is 2.29. The third-order valence-corrected chi connectivity index (χ3v) is 5.24. The molecule has 3 aromatic rings. The number of hydrogen-bond donors (Lipinski definition) is 1. The van der Waals surface area contributed by atoms with E-state index in [2.05, 4.69) is 16.4 Å². The molecular formula is C25H25N3O3. The summed E-state index contributed by atoms with van der Waals surface area (Å²) < 4.78 is 5.81. The zero-order valence-electron chi connectivity index (χ0n) is 17.7. The summed E-state index contributed by atoms with van der Waals surface area (Å²) in [4.78, 5) is 31.3. The van der Waals surface area contributed by atoms with Gasteiger partial charge in [0.15, 0.2) is 6.61 Å². The van der Waals surface area contributed by atoms with E-state index in [0.29, 0.717) is 30.8 Å². The number of pyridine rings is 1. The Morgan fingerprint density at radius 1 is 1.13 bits per heavy atom. The van der Waals surface area contributed by atoms with Crippen molar-refractivity contribution in [2.45, 2.75) is 26.8 Å². The molecule has 2 heterocycles. The number of rotatable bonds is 6. The number of hydrogen-bond acceptors (Lipinski definition) is 4. The molecule has 0 unspecified atom stereocenters. The number of carbonyl (C=O) groups excluding carboxylic acids is 2. The van der Waals surface area contributed by atoms with Crippen molar-refractivity contribution < 1.29 is 14.3 Å². The molecule has 158 valence electrons. The number of nitrogens with zero attached hydrogens (tertiary/aromatic N) is 2. The topological polar surface area (TPSA) is 71.5 Å². The Kier molecular flexibility index (Phi) is 5.98. The molecule has 1 aliphatic rings. The van der Waals surface area contributed by atoms with Crippen LogP contribution in [0.15, 0.2) is 60.9 Å².